The molecule has 22 heavy (non-hydrogen) atoms. The molecule has 116 valence electrons. The zero-order chi connectivity index (χ0) is 15.4. The predicted octanol–water partition coefficient (Wildman–Crippen LogP) is 1.60. The molecule has 7 nitrogen and oxygen atoms in total. The maximum Gasteiger partial charge on any atom is 0.273 e. The Morgan fingerprint density at radius 1 is 1.45 bits per heavy atom. The number of carbonyl (C=O) groups is 1. The monoisotopic (exact) mass is 302 g/mol. The van der Waals surface area contributed by atoms with Crippen molar-refractivity contribution in [3.63, 3.8) is 0 Å². The Morgan fingerprint density at radius 3 is 3.09 bits per heavy atom. The molecule has 0 spiro atoms. The number of nitrogens with one attached hydrogen (secondary N) is 1. The second-order valence-electron chi connectivity index (χ2n) is 5.25. The maximum atomic E-state index is 11.9. The summed E-state index contributed by atoms with van der Waals surface area (Å²) in [6, 6.07) is 1.79. The summed E-state index contributed by atoms with van der Waals surface area (Å²) in [6.45, 7) is 3.49. The minimum Gasteiger partial charge on any atom is -0.448 e. The summed E-state index contributed by atoms with van der Waals surface area (Å²) in [7, 11) is 0. The van der Waals surface area contributed by atoms with E-state index < -0.39 is 0 Å². The molecule has 0 radical (unpaired) electrons. The smallest absolute Gasteiger partial charge is 0.273 e. The molecule has 0 aromatic carbocycles. The molecule has 7 heteroatoms. The highest BCUT2D eigenvalue weighted by atomic mass is 16.5. The normalized spacial score (nSPS) is 18.1. The van der Waals surface area contributed by atoms with Gasteiger partial charge in [-0.25, -0.2) is 15.0 Å². The standard InChI is InChI=1S/C15H18N4O3/c1-10-18-13(9-22-10)15(20)17-7-12-4-5-16-14(19-12)11-3-2-6-21-8-11/h4-5,9,11H,2-3,6-8H2,1H3,(H,17,20)/t11-/m0/s1. The number of oxazole rings is 1. The van der Waals surface area contributed by atoms with Crippen LogP contribution in [0.5, 0.6) is 0 Å². The summed E-state index contributed by atoms with van der Waals surface area (Å²) < 4.78 is 10.5. The van der Waals surface area contributed by atoms with E-state index in [1.165, 1.54) is 6.26 Å². The minimum atomic E-state index is -0.280. The third-order valence-corrected chi connectivity index (χ3v) is 3.54. The van der Waals surface area contributed by atoms with Crippen LogP contribution in [0.1, 0.15) is 46.7 Å². The van der Waals surface area contributed by atoms with Crippen LogP contribution in [0.3, 0.4) is 0 Å². The Bertz CT molecular complexity index is 650. The number of carbonyl (C=O) groups excluding carboxylic acids is 1. The Hall–Kier alpha value is -2.28. The first-order valence-corrected chi connectivity index (χ1v) is 7.32. The van der Waals surface area contributed by atoms with Crippen LogP contribution in [-0.2, 0) is 11.3 Å². The first-order chi connectivity index (χ1) is 10.7. The maximum absolute atomic E-state index is 11.9. The van der Waals surface area contributed by atoms with E-state index in [1.54, 1.807) is 19.2 Å². The molecular weight excluding hydrogens is 284 g/mol. The zero-order valence-corrected chi connectivity index (χ0v) is 12.4. The predicted molar refractivity (Wildman–Crippen MR) is 77.2 cm³/mol. The van der Waals surface area contributed by atoms with Gasteiger partial charge in [-0.2, -0.15) is 0 Å². The van der Waals surface area contributed by atoms with Crippen molar-refractivity contribution in [3.05, 3.63) is 41.6 Å². The Kier molecular flexibility index (Phi) is 4.43. The quantitative estimate of drug-likeness (QED) is 0.922. The van der Waals surface area contributed by atoms with E-state index in [2.05, 4.69) is 20.3 Å². The molecule has 1 atom stereocenters. The SMILES string of the molecule is Cc1nc(C(=O)NCc2ccnc([C@H]3CCCOC3)n2)co1. The van der Waals surface area contributed by atoms with Gasteiger partial charge in [-0.3, -0.25) is 4.79 Å². The molecule has 2 aromatic heterocycles. The summed E-state index contributed by atoms with van der Waals surface area (Å²) >= 11 is 0. The number of aromatic nitrogens is 3. The van der Waals surface area contributed by atoms with Crippen molar-refractivity contribution in [2.24, 2.45) is 0 Å². The number of ether oxygens (including phenoxy) is 1. The van der Waals surface area contributed by atoms with Crippen LogP contribution in [0, 0.1) is 6.92 Å². The first-order valence-electron chi connectivity index (χ1n) is 7.32. The second-order valence-corrected chi connectivity index (χ2v) is 5.25. The van der Waals surface area contributed by atoms with Gasteiger partial charge in [0.25, 0.3) is 5.91 Å². The van der Waals surface area contributed by atoms with Gasteiger partial charge in [0, 0.05) is 25.6 Å². The Morgan fingerprint density at radius 2 is 2.36 bits per heavy atom. The van der Waals surface area contributed by atoms with Crippen molar-refractivity contribution in [1.82, 2.24) is 20.3 Å². The fourth-order valence-electron chi connectivity index (χ4n) is 2.38. The van der Waals surface area contributed by atoms with Crippen LogP contribution in [0.25, 0.3) is 0 Å². The number of rotatable bonds is 4. The first kappa shape index (κ1) is 14.6. The number of amides is 1. The van der Waals surface area contributed by atoms with Crippen molar-refractivity contribution < 1.29 is 13.9 Å². The molecule has 1 aliphatic rings. The van der Waals surface area contributed by atoms with E-state index in [1.807, 2.05) is 0 Å². The van der Waals surface area contributed by atoms with Gasteiger partial charge in [-0.15, -0.1) is 0 Å². The highest BCUT2D eigenvalue weighted by molar-refractivity contribution is 5.91. The van der Waals surface area contributed by atoms with Crippen LogP contribution in [-0.4, -0.2) is 34.1 Å². The Balaban J connectivity index is 1.61. The molecule has 0 saturated carbocycles. The summed E-state index contributed by atoms with van der Waals surface area (Å²) in [5.74, 6) is 1.20. The van der Waals surface area contributed by atoms with Crippen molar-refractivity contribution in [2.45, 2.75) is 32.2 Å². The average molecular weight is 302 g/mol. The molecular formula is C15H18N4O3. The van der Waals surface area contributed by atoms with Crippen LogP contribution < -0.4 is 5.32 Å². The van der Waals surface area contributed by atoms with Gasteiger partial charge in [-0.1, -0.05) is 0 Å². The highest BCUT2D eigenvalue weighted by Crippen LogP contribution is 2.22. The third kappa shape index (κ3) is 3.48. The van der Waals surface area contributed by atoms with Gasteiger partial charge in [0.2, 0.25) is 0 Å². The molecule has 1 amide bonds. The summed E-state index contributed by atoms with van der Waals surface area (Å²) in [6.07, 6.45) is 5.13. The largest absolute Gasteiger partial charge is 0.448 e. The summed E-state index contributed by atoms with van der Waals surface area (Å²) in [5, 5.41) is 2.78. The molecule has 0 aliphatic carbocycles. The zero-order valence-electron chi connectivity index (χ0n) is 12.4. The molecule has 1 fully saturated rings. The Labute approximate surface area is 128 Å². The van der Waals surface area contributed by atoms with Gasteiger partial charge >= 0.3 is 0 Å². The highest BCUT2D eigenvalue weighted by Gasteiger charge is 2.19. The summed E-state index contributed by atoms with van der Waals surface area (Å²) in [4.78, 5) is 24.7. The molecule has 2 aromatic rings. The lowest BCUT2D eigenvalue weighted by molar-refractivity contribution is 0.0779. The fourth-order valence-corrected chi connectivity index (χ4v) is 2.38. The second kappa shape index (κ2) is 6.65. The third-order valence-electron chi connectivity index (χ3n) is 3.54. The molecule has 3 rings (SSSR count). The minimum absolute atomic E-state index is 0.239. The van der Waals surface area contributed by atoms with Crippen LogP contribution in [0.15, 0.2) is 22.9 Å². The van der Waals surface area contributed by atoms with E-state index in [9.17, 15) is 4.79 Å². The van der Waals surface area contributed by atoms with Gasteiger partial charge in [-0.05, 0) is 18.9 Å². The molecule has 0 unspecified atom stereocenters. The van der Waals surface area contributed by atoms with Gasteiger partial charge in [0.05, 0.1) is 18.8 Å². The van der Waals surface area contributed by atoms with E-state index in [4.69, 9.17) is 9.15 Å². The van der Waals surface area contributed by atoms with Gasteiger partial charge in [0.1, 0.15) is 12.1 Å². The van der Waals surface area contributed by atoms with Crippen molar-refractivity contribution in [1.29, 1.82) is 0 Å². The number of aryl methyl sites for hydroxylation is 1. The van der Waals surface area contributed by atoms with Crippen molar-refractivity contribution in [3.8, 4) is 0 Å². The van der Waals surface area contributed by atoms with Crippen LogP contribution >= 0.6 is 0 Å². The van der Waals surface area contributed by atoms with Gasteiger partial charge < -0.3 is 14.5 Å². The van der Waals surface area contributed by atoms with Crippen LogP contribution in [0.2, 0.25) is 0 Å². The molecule has 1 saturated heterocycles. The molecule has 0 bridgehead atoms. The lowest BCUT2D eigenvalue weighted by Crippen LogP contribution is -2.24. The number of nitrogens with zero attached hydrogens (tertiary/aromatic N) is 3. The average Bonchev–Trinajstić information content (AvgIpc) is 3.00. The van der Waals surface area contributed by atoms with Gasteiger partial charge in [0.15, 0.2) is 11.6 Å². The topological polar surface area (TPSA) is 90.1 Å². The number of hydrogen-bond donors (Lipinski definition) is 1. The molecule has 1 aliphatic heterocycles. The van der Waals surface area contributed by atoms with Crippen molar-refractivity contribution >= 4 is 5.91 Å². The number of hydrogen-bond acceptors (Lipinski definition) is 6. The molecule has 1 N–H and O–H groups in total. The lowest BCUT2D eigenvalue weighted by atomic mass is 10.0. The van der Waals surface area contributed by atoms with E-state index in [0.717, 1.165) is 31.0 Å². The fraction of sp³-hybridized carbons (Fsp3) is 0.467. The van der Waals surface area contributed by atoms with E-state index >= 15 is 0 Å². The van der Waals surface area contributed by atoms with E-state index in [-0.39, 0.29) is 17.5 Å². The lowest BCUT2D eigenvalue weighted by Gasteiger charge is -2.20. The van der Waals surface area contributed by atoms with Crippen LogP contribution in [0.4, 0.5) is 0 Å². The van der Waals surface area contributed by atoms with E-state index in [0.29, 0.717) is 19.0 Å². The summed E-state index contributed by atoms with van der Waals surface area (Å²) in [5.41, 5.74) is 1.04. The van der Waals surface area contributed by atoms with Crippen molar-refractivity contribution in [2.75, 3.05) is 13.2 Å². The molecule has 3 heterocycles.